The quantitative estimate of drug-likeness (QED) is 0.845. The molecule has 20 heavy (non-hydrogen) atoms. The first-order chi connectivity index (χ1) is 9.72. The van der Waals surface area contributed by atoms with Crippen LogP contribution in [-0.2, 0) is 11.2 Å². The zero-order valence-electron chi connectivity index (χ0n) is 11.8. The molecule has 1 saturated heterocycles. The van der Waals surface area contributed by atoms with Crippen molar-refractivity contribution in [3.05, 3.63) is 29.8 Å². The van der Waals surface area contributed by atoms with Crippen LogP contribution in [0.2, 0.25) is 0 Å². The van der Waals surface area contributed by atoms with Gasteiger partial charge in [-0.2, -0.15) is 5.26 Å². The van der Waals surface area contributed by atoms with Crippen molar-refractivity contribution in [2.75, 3.05) is 20.2 Å². The van der Waals surface area contributed by atoms with Crippen LogP contribution < -0.4 is 4.74 Å². The molecular formula is C16H20N2O2. The summed E-state index contributed by atoms with van der Waals surface area (Å²) in [4.78, 5) is 14.0. The van der Waals surface area contributed by atoms with Crippen molar-refractivity contribution in [1.82, 2.24) is 4.90 Å². The van der Waals surface area contributed by atoms with Crippen LogP contribution in [0.25, 0.3) is 0 Å². The summed E-state index contributed by atoms with van der Waals surface area (Å²) in [5.74, 6) is 0.988. The van der Waals surface area contributed by atoms with Gasteiger partial charge in [0, 0.05) is 19.5 Å². The normalized spacial score (nSPS) is 18.4. The molecule has 0 saturated carbocycles. The van der Waals surface area contributed by atoms with Crippen molar-refractivity contribution in [3.63, 3.8) is 0 Å². The number of piperidine rings is 1. The van der Waals surface area contributed by atoms with E-state index in [4.69, 9.17) is 10.00 Å². The summed E-state index contributed by atoms with van der Waals surface area (Å²) in [6.07, 6.45) is 3.09. The topological polar surface area (TPSA) is 53.3 Å². The van der Waals surface area contributed by atoms with Crippen molar-refractivity contribution in [2.45, 2.75) is 25.7 Å². The van der Waals surface area contributed by atoms with E-state index in [0.29, 0.717) is 13.0 Å². The second-order valence-electron chi connectivity index (χ2n) is 5.16. The van der Waals surface area contributed by atoms with E-state index in [-0.39, 0.29) is 11.8 Å². The van der Waals surface area contributed by atoms with Crippen molar-refractivity contribution < 1.29 is 9.53 Å². The highest BCUT2D eigenvalue weighted by Crippen LogP contribution is 2.17. The van der Waals surface area contributed by atoms with Gasteiger partial charge in [0.05, 0.1) is 19.1 Å². The Balaban J connectivity index is 1.83. The van der Waals surface area contributed by atoms with Crippen molar-refractivity contribution >= 4 is 5.91 Å². The number of amides is 1. The molecule has 1 aliphatic heterocycles. The molecule has 0 radical (unpaired) electrons. The molecule has 1 aromatic rings. The van der Waals surface area contributed by atoms with Gasteiger partial charge in [-0.3, -0.25) is 4.79 Å². The Bertz CT molecular complexity index is 490. The van der Waals surface area contributed by atoms with Gasteiger partial charge in [-0.05, 0) is 37.0 Å². The fraction of sp³-hybridized carbons (Fsp3) is 0.500. The van der Waals surface area contributed by atoms with Crippen LogP contribution >= 0.6 is 0 Å². The van der Waals surface area contributed by atoms with Gasteiger partial charge >= 0.3 is 0 Å². The highest BCUT2D eigenvalue weighted by molar-refractivity contribution is 5.76. The van der Waals surface area contributed by atoms with E-state index in [9.17, 15) is 4.79 Å². The van der Waals surface area contributed by atoms with E-state index in [1.807, 2.05) is 29.2 Å². The molecule has 0 aliphatic carbocycles. The van der Waals surface area contributed by atoms with Crippen LogP contribution in [-0.4, -0.2) is 31.0 Å². The van der Waals surface area contributed by atoms with Gasteiger partial charge in [0.25, 0.3) is 0 Å². The lowest BCUT2D eigenvalue weighted by Gasteiger charge is -2.29. The molecule has 1 aliphatic rings. The Morgan fingerprint density at radius 2 is 2.20 bits per heavy atom. The summed E-state index contributed by atoms with van der Waals surface area (Å²) < 4.78 is 5.11. The number of nitrogens with zero attached hydrogens (tertiary/aromatic N) is 2. The van der Waals surface area contributed by atoms with Gasteiger partial charge in [0.2, 0.25) is 5.91 Å². The minimum atomic E-state index is 0.00804. The van der Waals surface area contributed by atoms with Crippen molar-refractivity contribution in [1.29, 1.82) is 5.26 Å². The molecule has 0 bridgehead atoms. The highest BCUT2D eigenvalue weighted by Gasteiger charge is 2.22. The molecule has 1 atom stereocenters. The first-order valence-electron chi connectivity index (χ1n) is 7.03. The van der Waals surface area contributed by atoms with Gasteiger partial charge in [-0.25, -0.2) is 0 Å². The molecule has 1 aromatic carbocycles. The number of carbonyl (C=O) groups is 1. The number of ether oxygens (including phenoxy) is 1. The first kappa shape index (κ1) is 14.4. The third-order valence-corrected chi connectivity index (χ3v) is 3.74. The van der Waals surface area contributed by atoms with Crippen LogP contribution in [0.1, 0.15) is 24.8 Å². The molecule has 0 spiro atoms. The fourth-order valence-corrected chi connectivity index (χ4v) is 2.51. The molecule has 4 heteroatoms. The summed E-state index contributed by atoms with van der Waals surface area (Å²) in [5, 5.41) is 8.95. The third-order valence-electron chi connectivity index (χ3n) is 3.74. The number of methoxy groups -OCH3 is 1. The van der Waals surface area contributed by atoms with Crippen LogP contribution in [0.15, 0.2) is 24.3 Å². The molecule has 0 aromatic heterocycles. The molecule has 1 unspecified atom stereocenters. The molecule has 1 heterocycles. The maximum Gasteiger partial charge on any atom is 0.222 e. The predicted octanol–water partition coefficient (Wildman–Crippen LogP) is 2.39. The Morgan fingerprint density at radius 1 is 1.45 bits per heavy atom. The van der Waals surface area contributed by atoms with E-state index in [1.54, 1.807) is 7.11 Å². The average molecular weight is 272 g/mol. The summed E-state index contributed by atoms with van der Waals surface area (Å²) in [6, 6.07) is 10.1. The maximum atomic E-state index is 12.1. The van der Waals surface area contributed by atoms with Crippen LogP contribution in [0.3, 0.4) is 0 Å². The van der Waals surface area contributed by atoms with E-state index >= 15 is 0 Å². The Morgan fingerprint density at radius 3 is 2.85 bits per heavy atom. The standard InChI is InChI=1S/C16H20N2O2/c1-20-15-7-4-13(5-8-15)6-9-16(19)18-10-2-3-14(11-17)12-18/h4-5,7-8,14H,2-3,6,9-10,12H2,1H3. The third kappa shape index (κ3) is 3.74. The lowest BCUT2D eigenvalue weighted by atomic mass is 9.99. The molecule has 1 fully saturated rings. The number of hydrogen-bond acceptors (Lipinski definition) is 3. The number of benzene rings is 1. The minimum Gasteiger partial charge on any atom is -0.497 e. The highest BCUT2D eigenvalue weighted by atomic mass is 16.5. The number of carbonyl (C=O) groups excluding carboxylic acids is 1. The van der Waals surface area contributed by atoms with Gasteiger partial charge in [-0.15, -0.1) is 0 Å². The zero-order chi connectivity index (χ0) is 14.4. The van der Waals surface area contributed by atoms with Crippen LogP contribution in [0, 0.1) is 17.2 Å². The van der Waals surface area contributed by atoms with Gasteiger partial charge in [-0.1, -0.05) is 12.1 Å². The smallest absolute Gasteiger partial charge is 0.222 e. The molecule has 2 rings (SSSR count). The molecule has 1 amide bonds. The van der Waals surface area contributed by atoms with E-state index in [0.717, 1.165) is 37.1 Å². The number of hydrogen-bond donors (Lipinski definition) is 0. The largest absolute Gasteiger partial charge is 0.497 e. The Hall–Kier alpha value is -2.02. The summed E-state index contributed by atoms with van der Waals surface area (Å²) in [7, 11) is 1.64. The summed E-state index contributed by atoms with van der Waals surface area (Å²) in [6.45, 7) is 1.39. The summed E-state index contributed by atoms with van der Waals surface area (Å²) in [5.41, 5.74) is 1.13. The fourth-order valence-electron chi connectivity index (χ4n) is 2.51. The summed E-state index contributed by atoms with van der Waals surface area (Å²) >= 11 is 0. The monoisotopic (exact) mass is 272 g/mol. The van der Waals surface area contributed by atoms with Crippen molar-refractivity contribution in [3.8, 4) is 11.8 Å². The lowest BCUT2D eigenvalue weighted by molar-refractivity contribution is -0.132. The number of rotatable bonds is 4. The van der Waals surface area contributed by atoms with Crippen LogP contribution in [0.5, 0.6) is 5.75 Å². The minimum absolute atomic E-state index is 0.00804. The molecule has 0 N–H and O–H groups in total. The Labute approximate surface area is 120 Å². The Kier molecular flexibility index (Phi) is 5.00. The maximum absolute atomic E-state index is 12.1. The molecule has 4 nitrogen and oxygen atoms in total. The second kappa shape index (κ2) is 6.95. The van der Waals surface area contributed by atoms with Gasteiger partial charge in [0.1, 0.15) is 5.75 Å². The molecular weight excluding hydrogens is 252 g/mol. The SMILES string of the molecule is COc1ccc(CCC(=O)N2CCCC(C#N)C2)cc1. The number of aryl methyl sites for hydroxylation is 1. The number of nitriles is 1. The first-order valence-corrected chi connectivity index (χ1v) is 7.03. The van der Waals surface area contributed by atoms with Crippen LogP contribution in [0.4, 0.5) is 0 Å². The van der Waals surface area contributed by atoms with Gasteiger partial charge < -0.3 is 9.64 Å². The van der Waals surface area contributed by atoms with Gasteiger partial charge in [0.15, 0.2) is 0 Å². The lowest BCUT2D eigenvalue weighted by Crippen LogP contribution is -2.39. The zero-order valence-corrected chi connectivity index (χ0v) is 11.8. The molecule has 106 valence electrons. The van der Waals surface area contributed by atoms with E-state index < -0.39 is 0 Å². The van der Waals surface area contributed by atoms with Crippen molar-refractivity contribution in [2.24, 2.45) is 5.92 Å². The predicted molar refractivity (Wildman–Crippen MR) is 76.2 cm³/mol. The van der Waals surface area contributed by atoms with E-state index in [2.05, 4.69) is 6.07 Å². The average Bonchev–Trinajstić information content (AvgIpc) is 2.53. The number of likely N-dealkylation sites (tertiary alicyclic amines) is 1. The van der Waals surface area contributed by atoms with E-state index in [1.165, 1.54) is 0 Å². The second-order valence-corrected chi connectivity index (χ2v) is 5.16.